The molecular formula is C52H55N7O11S3. The average Bonchev–Trinajstić information content (AvgIpc) is 3.87. The Morgan fingerprint density at radius 1 is 0.849 bits per heavy atom. The van der Waals surface area contributed by atoms with Crippen molar-refractivity contribution in [1.29, 1.82) is 0 Å². The van der Waals surface area contributed by atoms with Gasteiger partial charge in [0.05, 0.1) is 48.8 Å². The Hall–Kier alpha value is -6.78. The molecule has 0 saturated heterocycles. The molecule has 5 aromatic carbocycles. The largest absolute Gasteiger partial charge is 0.493 e. The first-order valence-electron chi connectivity index (χ1n) is 23.5. The summed E-state index contributed by atoms with van der Waals surface area (Å²) in [5, 5.41) is 4.81. The molecule has 1 unspecified atom stereocenters. The van der Waals surface area contributed by atoms with E-state index in [1.165, 1.54) is 35.8 Å². The van der Waals surface area contributed by atoms with Gasteiger partial charge in [0.15, 0.2) is 28.2 Å². The maximum atomic E-state index is 14.1. The highest BCUT2D eigenvalue weighted by Crippen LogP contribution is 2.44. The molecule has 0 fully saturated rings. The van der Waals surface area contributed by atoms with Gasteiger partial charge < -0.3 is 34.5 Å². The lowest BCUT2D eigenvalue weighted by atomic mass is 10.1. The van der Waals surface area contributed by atoms with Crippen LogP contribution in [0.5, 0.6) is 23.0 Å². The number of para-hydroxylation sites is 2. The lowest BCUT2D eigenvalue weighted by Crippen LogP contribution is -2.43. The van der Waals surface area contributed by atoms with Crippen molar-refractivity contribution in [2.75, 3.05) is 47.0 Å². The molecule has 21 heteroatoms. The zero-order chi connectivity index (χ0) is 51.6. The first kappa shape index (κ1) is 51.1. The van der Waals surface area contributed by atoms with Crippen LogP contribution in [0.15, 0.2) is 96.0 Å². The number of hydrogen-bond acceptors (Lipinski definition) is 15. The molecule has 0 aliphatic carbocycles. The predicted molar refractivity (Wildman–Crippen MR) is 283 cm³/mol. The molecule has 73 heavy (non-hydrogen) atoms. The van der Waals surface area contributed by atoms with Crippen LogP contribution in [0.4, 0.5) is 28.4 Å². The van der Waals surface area contributed by atoms with Gasteiger partial charge in [0.1, 0.15) is 13.2 Å². The maximum absolute atomic E-state index is 14.1. The van der Waals surface area contributed by atoms with Crippen LogP contribution in [0.2, 0.25) is 0 Å². The third kappa shape index (κ3) is 11.1. The van der Waals surface area contributed by atoms with E-state index < -0.39 is 26.0 Å². The van der Waals surface area contributed by atoms with Crippen LogP contribution >= 0.6 is 21.6 Å². The minimum Gasteiger partial charge on any atom is -0.493 e. The number of anilines is 4. The fourth-order valence-electron chi connectivity index (χ4n) is 9.47. The summed E-state index contributed by atoms with van der Waals surface area (Å²) in [6, 6.07) is 27.8. The van der Waals surface area contributed by atoms with E-state index >= 15 is 0 Å². The minimum atomic E-state index is -4.65. The summed E-state index contributed by atoms with van der Waals surface area (Å²) in [6.45, 7) is 4.49. The summed E-state index contributed by atoms with van der Waals surface area (Å²) < 4.78 is 56.9. The first-order chi connectivity index (χ1) is 35.0. The summed E-state index contributed by atoms with van der Waals surface area (Å²) in [5.41, 5.74) is 9.46. The standard InChI is InChI=1S/C52H55N7O11S3/c1-52(2,72-71-16-14-47(49(61)57-53)73(64,65)66)15-13-48(60)56-34-18-30(28-69-45-24-39-37(22-43(45)67-3)50(62)58-35(26-54-39)20-32-9-5-7-11-41(32)58)17-31(19-34)29-70-46-25-40-38(23-44(46)68-4)51(63)59-36(27-55-40)21-33-10-6-8-12-42(33)59/h5-12,17-19,22-26,35-36,47,55H,13-16,20-21,27-29,53H2,1-4H3,(H,56,60)(H,57,61)(H,64,65,66)/t35-,36-,47?/m0/s1. The number of carbonyl (C=O) groups excluding carboxylic acids is 4. The highest BCUT2D eigenvalue weighted by Gasteiger charge is 2.39. The number of nitrogens with one attached hydrogen (secondary N) is 3. The number of nitrogens with two attached hydrogens (primary N) is 1. The van der Waals surface area contributed by atoms with E-state index in [-0.39, 0.29) is 61.6 Å². The van der Waals surface area contributed by atoms with Gasteiger partial charge in [-0.1, -0.05) is 58.0 Å². The number of hydrogen-bond donors (Lipinski definition) is 5. The van der Waals surface area contributed by atoms with Gasteiger partial charge in [0, 0.05) is 65.3 Å². The molecule has 0 bridgehead atoms. The lowest BCUT2D eigenvalue weighted by molar-refractivity contribution is -0.121. The van der Waals surface area contributed by atoms with Crippen LogP contribution in [-0.2, 0) is 45.8 Å². The van der Waals surface area contributed by atoms with Gasteiger partial charge in [0.2, 0.25) is 5.91 Å². The summed E-state index contributed by atoms with van der Waals surface area (Å²) in [4.78, 5) is 62.1. The Morgan fingerprint density at radius 3 is 2.12 bits per heavy atom. The molecule has 0 spiro atoms. The number of rotatable bonds is 19. The second kappa shape index (κ2) is 21.4. The van der Waals surface area contributed by atoms with Crippen molar-refractivity contribution in [3.05, 3.63) is 124 Å². The fourth-order valence-corrected chi connectivity index (χ4v) is 13.0. The third-order valence-corrected chi connectivity index (χ3v) is 17.7. The van der Waals surface area contributed by atoms with Crippen LogP contribution in [0, 0.1) is 0 Å². The van der Waals surface area contributed by atoms with E-state index in [9.17, 15) is 32.1 Å². The predicted octanol–water partition coefficient (Wildman–Crippen LogP) is 7.66. The minimum absolute atomic E-state index is 0.0207. The van der Waals surface area contributed by atoms with Crippen LogP contribution < -0.4 is 50.6 Å². The Bertz CT molecular complexity index is 3130. The molecule has 0 radical (unpaired) electrons. The van der Waals surface area contributed by atoms with Crippen LogP contribution in [0.25, 0.3) is 0 Å². The number of fused-ring (bicyclic) bond motifs is 8. The average molecular weight is 1050 g/mol. The molecule has 6 N–H and O–H groups in total. The molecule has 4 heterocycles. The number of nitrogens with zero attached hydrogens (tertiary/aromatic N) is 3. The van der Waals surface area contributed by atoms with Crippen molar-refractivity contribution in [2.45, 2.75) is 81.2 Å². The third-order valence-electron chi connectivity index (χ3n) is 13.1. The van der Waals surface area contributed by atoms with E-state index in [2.05, 4.69) is 10.6 Å². The quantitative estimate of drug-likeness (QED) is 0.0133. The number of hydrazine groups is 1. The summed E-state index contributed by atoms with van der Waals surface area (Å²) in [6.07, 6.45) is 3.59. The Kier molecular flexibility index (Phi) is 15.0. The highest BCUT2D eigenvalue weighted by molar-refractivity contribution is 8.77. The van der Waals surface area contributed by atoms with E-state index in [0.717, 1.165) is 28.9 Å². The molecule has 4 amide bonds. The molecular weight excluding hydrogens is 995 g/mol. The van der Waals surface area contributed by atoms with Crippen LogP contribution in [-0.4, -0.2) is 91.4 Å². The Morgan fingerprint density at radius 2 is 1.47 bits per heavy atom. The first-order valence-corrected chi connectivity index (χ1v) is 27.4. The molecule has 18 nitrogen and oxygen atoms in total. The maximum Gasteiger partial charge on any atom is 0.277 e. The highest BCUT2D eigenvalue weighted by atomic mass is 33.1. The summed E-state index contributed by atoms with van der Waals surface area (Å²) in [5.74, 6) is 5.20. The molecule has 0 saturated carbocycles. The van der Waals surface area contributed by atoms with Crippen molar-refractivity contribution >= 4 is 90.0 Å². The monoisotopic (exact) mass is 1050 g/mol. The summed E-state index contributed by atoms with van der Waals surface area (Å²) in [7, 11) is 1.12. The molecule has 3 atom stereocenters. The number of aliphatic imine (C=N–C) groups is 1. The van der Waals surface area contributed by atoms with Crippen LogP contribution in [0.1, 0.15) is 76.1 Å². The number of benzene rings is 5. The summed E-state index contributed by atoms with van der Waals surface area (Å²) >= 11 is 0. The molecule has 0 aromatic heterocycles. The van der Waals surface area contributed by atoms with E-state index in [4.69, 9.17) is 29.8 Å². The normalized spacial score (nSPS) is 16.8. The van der Waals surface area contributed by atoms with Crippen molar-refractivity contribution < 1.29 is 51.1 Å². The fraction of sp³-hybridized carbons (Fsp3) is 0.327. The van der Waals surface area contributed by atoms with Crippen LogP contribution in [0.3, 0.4) is 0 Å². The van der Waals surface area contributed by atoms with Gasteiger partial charge in [0.25, 0.3) is 27.8 Å². The Labute approximate surface area is 430 Å². The zero-order valence-electron chi connectivity index (χ0n) is 40.5. The van der Waals surface area contributed by atoms with Crippen molar-refractivity contribution in [2.24, 2.45) is 10.8 Å². The molecule has 4 aliphatic rings. The van der Waals surface area contributed by atoms with Gasteiger partial charge in [-0.3, -0.25) is 39.0 Å². The molecule has 5 aromatic rings. The van der Waals surface area contributed by atoms with E-state index in [1.54, 1.807) is 52.9 Å². The molecule has 382 valence electrons. The smallest absolute Gasteiger partial charge is 0.277 e. The Balaban J connectivity index is 0.927. The number of methoxy groups -OCH3 is 2. The SMILES string of the molecule is COc1cc2c(cc1OCc1cc(COc3cc4c(cc3OC)C(=O)N3c5ccccc5C[C@H]3CN4)cc(NC(=O)CCC(C)(C)SSCCC(C(=O)NN)S(=O)(=O)O)c1)N=C[C@@H]1Cc3ccccc3N1C2=O. The second-order valence-electron chi connectivity index (χ2n) is 18.6. The van der Waals surface area contributed by atoms with Gasteiger partial charge >= 0.3 is 0 Å². The van der Waals surface area contributed by atoms with Gasteiger partial charge in [-0.15, -0.1) is 0 Å². The van der Waals surface area contributed by atoms with Crippen molar-refractivity contribution in [3.8, 4) is 23.0 Å². The second-order valence-corrected chi connectivity index (χ2v) is 23.3. The lowest BCUT2D eigenvalue weighted by Gasteiger charge is -2.23. The number of ether oxygens (including phenoxy) is 4. The van der Waals surface area contributed by atoms with Crippen molar-refractivity contribution in [3.63, 3.8) is 0 Å². The number of carbonyl (C=O) groups is 4. The van der Waals surface area contributed by atoms with E-state index in [0.29, 0.717) is 81.7 Å². The van der Waals surface area contributed by atoms with Gasteiger partial charge in [-0.2, -0.15) is 8.42 Å². The van der Waals surface area contributed by atoms with Gasteiger partial charge in [-0.25, -0.2) is 5.84 Å². The topological polar surface area (TPSA) is 241 Å². The van der Waals surface area contributed by atoms with Gasteiger partial charge in [-0.05, 0) is 97.8 Å². The zero-order valence-corrected chi connectivity index (χ0v) is 43.0. The molecule has 9 rings (SSSR count). The van der Waals surface area contributed by atoms with Crippen molar-refractivity contribution in [1.82, 2.24) is 5.43 Å². The molecule has 4 aliphatic heterocycles. The van der Waals surface area contributed by atoms with E-state index in [1.807, 2.05) is 73.3 Å². The number of amides is 4.